The van der Waals surface area contributed by atoms with E-state index in [1.165, 1.54) is 6.07 Å². The molecule has 2 aromatic rings. The van der Waals surface area contributed by atoms with Gasteiger partial charge in [-0.25, -0.2) is 4.39 Å². The van der Waals surface area contributed by atoms with E-state index in [1.54, 1.807) is 37.3 Å². The molecule has 5 nitrogen and oxygen atoms in total. The van der Waals surface area contributed by atoms with Crippen LogP contribution < -0.4 is 5.32 Å². The maximum atomic E-state index is 13.7. The van der Waals surface area contributed by atoms with Crippen molar-refractivity contribution in [3.8, 4) is 11.3 Å². The summed E-state index contributed by atoms with van der Waals surface area (Å²) in [5.41, 5.74) is 0.385. The number of rotatable bonds is 8. The van der Waals surface area contributed by atoms with Gasteiger partial charge in [-0.15, -0.1) is 0 Å². The van der Waals surface area contributed by atoms with Gasteiger partial charge in [-0.1, -0.05) is 12.1 Å². The first-order valence-electron chi connectivity index (χ1n) is 7.80. The van der Waals surface area contributed by atoms with Crippen molar-refractivity contribution >= 4 is 11.9 Å². The lowest BCUT2D eigenvalue weighted by Gasteiger charge is -2.12. The van der Waals surface area contributed by atoms with Crippen LogP contribution in [-0.2, 0) is 16.0 Å². The van der Waals surface area contributed by atoms with Crippen molar-refractivity contribution in [2.24, 2.45) is 0 Å². The SMILES string of the molecule is CC(CCC(=O)O)NC(=O)CCc1ccc(-c2ccccc2F)o1. The van der Waals surface area contributed by atoms with Crippen molar-refractivity contribution in [2.75, 3.05) is 0 Å². The quantitative estimate of drug-likeness (QED) is 0.776. The molecule has 0 aliphatic carbocycles. The topological polar surface area (TPSA) is 79.5 Å². The van der Waals surface area contributed by atoms with E-state index >= 15 is 0 Å². The summed E-state index contributed by atoms with van der Waals surface area (Å²) in [5.74, 6) is -0.382. The van der Waals surface area contributed by atoms with Gasteiger partial charge in [0, 0.05) is 25.3 Å². The number of furan rings is 1. The van der Waals surface area contributed by atoms with Gasteiger partial charge in [0.2, 0.25) is 5.91 Å². The highest BCUT2D eigenvalue weighted by Crippen LogP contribution is 2.25. The minimum absolute atomic E-state index is 0.0195. The molecule has 0 aliphatic rings. The standard InChI is InChI=1S/C18H20FNO4/c1-12(6-11-18(22)23)20-17(21)10-8-13-7-9-16(24-13)14-4-2-3-5-15(14)19/h2-5,7,9,12H,6,8,10-11H2,1H3,(H,20,21)(H,22,23). The molecular formula is C18H20FNO4. The molecule has 1 aromatic carbocycles. The van der Waals surface area contributed by atoms with Crippen LogP contribution in [0.5, 0.6) is 0 Å². The fraction of sp³-hybridized carbons (Fsp3) is 0.333. The van der Waals surface area contributed by atoms with Crippen LogP contribution in [0.15, 0.2) is 40.8 Å². The number of benzene rings is 1. The van der Waals surface area contributed by atoms with Crippen LogP contribution in [0.2, 0.25) is 0 Å². The monoisotopic (exact) mass is 333 g/mol. The lowest BCUT2D eigenvalue weighted by molar-refractivity contribution is -0.137. The Balaban J connectivity index is 1.84. The zero-order valence-electron chi connectivity index (χ0n) is 13.4. The van der Waals surface area contributed by atoms with Gasteiger partial charge in [-0.3, -0.25) is 9.59 Å². The molecule has 6 heteroatoms. The highest BCUT2D eigenvalue weighted by molar-refractivity contribution is 5.76. The van der Waals surface area contributed by atoms with Crippen LogP contribution in [0.4, 0.5) is 4.39 Å². The van der Waals surface area contributed by atoms with Gasteiger partial charge in [0.15, 0.2) is 0 Å². The van der Waals surface area contributed by atoms with Gasteiger partial charge in [-0.2, -0.15) is 0 Å². The normalized spacial score (nSPS) is 11.9. The summed E-state index contributed by atoms with van der Waals surface area (Å²) in [6.45, 7) is 1.77. The second-order valence-corrected chi connectivity index (χ2v) is 5.65. The molecule has 0 radical (unpaired) electrons. The predicted octanol–water partition coefficient (Wildman–Crippen LogP) is 3.39. The van der Waals surface area contributed by atoms with Gasteiger partial charge in [0.1, 0.15) is 17.3 Å². The number of hydrogen-bond donors (Lipinski definition) is 2. The minimum atomic E-state index is -0.882. The second kappa shape index (κ2) is 8.29. The molecule has 1 atom stereocenters. The van der Waals surface area contributed by atoms with Gasteiger partial charge in [-0.05, 0) is 37.6 Å². The van der Waals surface area contributed by atoms with Crippen molar-refractivity contribution in [2.45, 2.75) is 38.6 Å². The fourth-order valence-corrected chi connectivity index (χ4v) is 2.31. The molecule has 0 saturated carbocycles. The van der Waals surface area contributed by atoms with E-state index in [0.29, 0.717) is 29.9 Å². The Labute approximate surface area is 139 Å². The van der Waals surface area contributed by atoms with E-state index in [-0.39, 0.29) is 30.6 Å². The summed E-state index contributed by atoms with van der Waals surface area (Å²) in [6, 6.07) is 9.55. The average Bonchev–Trinajstić information content (AvgIpc) is 3.00. The molecule has 24 heavy (non-hydrogen) atoms. The van der Waals surface area contributed by atoms with E-state index in [1.807, 2.05) is 0 Å². The largest absolute Gasteiger partial charge is 0.481 e. The second-order valence-electron chi connectivity index (χ2n) is 5.65. The first kappa shape index (κ1) is 17.7. The molecule has 1 heterocycles. The third kappa shape index (κ3) is 5.22. The van der Waals surface area contributed by atoms with Crippen LogP contribution in [0.25, 0.3) is 11.3 Å². The van der Waals surface area contributed by atoms with E-state index in [9.17, 15) is 14.0 Å². The Morgan fingerprint density at radius 3 is 2.67 bits per heavy atom. The summed E-state index contributed by atoms with van der Waals surface area (Å²) in [6.07, 6.45) is 1.03. The Hall–Kier alpha value is -2.63. The lowest BCUT2D eigenvalue weighted by Crippen LogP contribution is -2.33. The Morgan fingerprint density at radius 1 is 1.21 bits per heavy atom. The number of amides is 1. The van der Waals surface area contributed by atoms with Crippen LogP contribution >= 0.6 is 0 Å². The molecule has 2 N–H and O–H groups in total. The number of hydrogen-bond acceptors (Lipinski definition) is 3. The van der Waals surface area contributed by atoms with Crippen molar-refractivity contribution < 1.29 is 23.5 Å². The van der Waals surface area contributed by atoms with Gasteiger partial charge in [0.25, 0.3) is 0 Å². The fourth-order valence-electron chi connectivity index (χ4n) is 2.31. The van der Waals surface area contributed by atoms with Crippen molar-refractivity contribution in [1.29, 1.82) is 0 Å². The minimum Gasteiger partial charge on any atom is -0.481 e. The summed E-state index contributed by atoms with van der Waals surface area (Å²) in [7, 11) is 0. The first-order chi connectivity index (χ1) is 11.5. The number of carboxylic acid groups (broad SMARTS) is 1. The molecule has 2 rings (SSSR count). The van der Waals surface area contributed by atoms with E-state index in [0.717, 1.165) is 0 Å². The molecule has 1 unspecified atom stereocenters. The summed E-state index contributed by atoms with van der Waals surface area (Å²) >= 11 is 0. The van der Waals surface area contributed by atoms with E-state index in [2.05, 4.69) is 5.32 Å². The number of carbonyl (C=O) groups is 2. The number of carbonyl (C=O) groups excluding carboxylic acids is 1. The highest BCUT2D eigenvalue weighted by atomic mass is 19.1. The Bertz CT molecular complexity index is 711. The number of aryl methyl sites for hydroxylation is 1. The first-order valence-corrected chi connectivity index (χ1v) is 7.80. The van der Waals surface area contributed by atoms with Crippen LogP contribution in [0.1, 0.15) is 31.9 Å². The lowest BCUT2D eigenvalue weighted by atomic mass is 10.1. The number of nitrogens with one attached hydrogen (secondary N) is 1. The Kier molecular flexibility index (Phi) is 6.12. The molecule has 1 aromatic heterocycles. The molecule has 128 valence electrons. The average molecular weight is 333 g/mol. The third-order valence-corrected chi connectivity index (χ3v) is 3.60. The molecule has 0 spiro atoms. The molecular weight excluding hydrogens is 313 g/mol. The maximum Gasteiger partial charge on any atom is 0.303 e. The summed E-state index contributed by atoms with van der Waals surface area (Å²) in [5, 5.41) is 11.4. The molecule has 0 saturated heterocycles. The van der Waals surface area contributed by atoms with Crippen LogP contribution in [-0.4, -0.2) is 23.0 Å². The van der Waals surface area contributed by atoms with E-state index < -0.39 is 5.97 Å². The number of aliphatic carboxylic acids is 1. The van der Waals surface area contributed by atoms with Crippen LogP contribution in [0.3, 0.4) is 0 Å². The summed E-state index contributed by atoms with van der Waals surface area (Å²) in [4.78, 5) is 22.3. The zero-order chi connectivity index (χ0) is 17.5. The third-order valence-electron chi connectivity index (χ3n) is 3.60. The van der Waals surface area contributed by atoms with Crippen LogP contribution in [0, 0.1) is 5.82 Å². The van der Waals surface area contributed by atoms with E-state index in [4.69, 9.17) is 9.52 Å². The van der Waals surface area contributed by atoms with Crippen molar-refractivity contribution in [3.05, 3.63) is 48.0 Å². The molecule has 0 aliphatic heterocycles. The van der Waals surface area contributed by atoms with Crippen molar-refractivity contribution in [1.82, 2.24) is 5.32 Å². The van der Waals surface area contributed by atoms with Gasteiger partial charge >= 0.3 is 5.97 Å². The number of carboxylic acids is 1. The summed E-state index contributed by atoms with van der Waals surface area (Å²) < 4.78 is 19.3. The smallest absolute Gasteiger partial charge is 0.303 e. The van der Waals surface area contributed by atoms with Crippen molar-refractivity contribution in [3.63, 3.8) is 0 Å². The molecule has 0 bridgehead atoms. The molecule has 0 fully saturated rings. The predicted molar refractivity (Wildman–Crippen MR) is 86.9 cm³/mol. The van der Waals surface area contributed by atoms with Gasteiger partial charge < -0.3 is 14.8 Å². The highest BCUT2D eigenvalue weighted by Gasteiger charge is 2.12. The maximum absolute atomic E-state index is 13.7. The Morgan fingerprint density at radius 2 is 1.96 bits per heavy atom. The van der Waals surface area contributed by atoms with Gasteiger partial charge in [0.05, 0.1) is 5.56 Å². The number of halogens is 1. The zero-order valence-corrected chi connectivity index (χ0v) is 13.4. The molecule has 1 amide bonds.